The Balaban J connectivity index is 2.28. The second-order valence-electron chi connectivity index (χ2n) is 5.46. The van der Waals surface area contributed by atoms with Gasteiger partial charge in [0.15, 0.2) is 11.6 Å². The number of fused-ring (bicyclic) bond motifs is 1. The van der Waals surface area contributed by atoms with Gasteiger partial charge in [-0.1, -0.05) is 30.3 Å². The highest BCUT2D eigenvalue weighted by Crippen LogP contribution is 2.30. The Kier molecular flexibility index (Phi) is 3.17. The van der Waals surface area contributed by atoms with E-state index in [0.29, 0.717) is 28.1 Å². The summed E-state index contributed by atoms with van der Waals surface area (Å²) in [5, 5.41) is 0. The summed E-state index contributed by atoms with van der Waals surface area (Å²) in [6.45, 7) is 3.35. The highest BCUT2D eigenvalue weighted by Gasteiger charge is 2.34. The molecule has 0 aliphatic heterocycles. The number of benzene rings is 1. The predicted octanol–water partition coefficient (Wildman–Crippen LogP) is 2.89. The summed E-state index contributed by atoms with van der Waals surface area (Å²) in [5.41, 5.74) is 2.36. The number of aromatic nitrogens is 1. The molecule has 0 saturated heterocycles. The molecule has 0 atom stereocenters. The largest absolute Gasteiger partial charge is 0.344 e. The number of ketones is 3. The van der Waals surface area contributed by atoms with Crippen LogP contribution >= 0.6 is 0 Å². The molecule has 2 aromatic rings. The normalized spacial score (nSPS) is 13.9. The van der Waals surface area contributed by atoms with Gasteiger partial charge in [0.05, 0.1) is 11.1 Å². The van der Waals surface area contributed by atoms with Crippen molar-refractivity contribution in [2.75, 3.05) is 0 Å². The van der Waals surface area contributed by atoms with E-state index in [1.54, 1.807) is 49.7 Å². The molecule has 4 nitrogen and oxygen atoms in total. The van der Waals surface area contributed by atoms with Gasteiger partial charge in [-0.05, 0) is 19.9 Å². The Morgan fingerprint density at radius 1 is 1.05 bits per heavy atom. The van der Waals surface area contributed by atoms with Gasteiger partial charge in [0.2, 0.25) is 5.78 Å². The quantitative estimate of drug-likeness (QED) is 0.800. The van der Waals surface area contributed by atoms with Gasteiger partial charge in [0.1, 0.15) is 5.69 Å². The fraction of sp³-hybridized carbons (Fsp3) is 0.167. The Bertz CT molecular complexity index is 854. The average molecular weight is 293 g/mol. The van der Waals surface area contributed by atoms with Crippen molar-refractivity contribution >= 4 is 17.3 Å². The minimum absolute atomic E-state index is 0.231. The number of carbonyl (C=O) groups excluding carboxylic acids is 3. The molecule has 3 rings (SSSR count). The zero-order valence-electron chi connectivity index (χ0n) is 12.6. The molecule has 1 aromatic carbocycles. The van der Waals surface area contributed by atoms with Crippen LogP contribution in [0.25, 0.3) is 0 Å². The Hall–Kier alpha value is -2.75. The third-order valence-corrected chi connectivity index (χ3v) is 4.12. The van der Waals surface area contributed by atoms with Crippen LogP contribution in [0.4, 0.5) is 0 Å². The van der Waals surface area contributed by atoms with Gasteiger partial charge in [-0.25, -0.2) is 0 Å². The molecular formula is C18H15NO3. The van der Waals surface area contributed by atoms with Crippen LogP contribution in [0.1, 0.15) is 49.4 Å². The van der Waals surface area contributed by atoms with Gasteiger partial charge in [-0.15, -0.1) is 0 Å². The van der Waals surface area contributed by atoms with Crippen LogP contribution in [-0.4, -0.2) is 21.9 Å². The zero-order chi connectivity index (χ0) is 16.0. The molecule has 0 spiro atoms. The first-order valence-corrected chi connectivity index (χ1v) is 6.99. The van der Waals surface area contributed by atoms with E-state index in [2.05, 4.69) is 0 Å². The predicted molar refractivity (Wildman–Crippen MR) is 82.4 cm³/mol. The van der Waals surface area contributed by atoms with Crippen molar-refractivity contribution in [3.05, 3.63) is 70.1 Å². The monoisotopic (exact) mass is 293 g/mol. The summed E-state index contributed by atoms with van der Waals surface area (Å²) in [4.78, 5) is 37.5. The van der Waals surface area contributed by atoms with E-state index in [4.69, 9.17) is 0 Å². The lowest BCUT2D eigenvalue weighted by molar-refractivity contribution is 0.0974. The number of Topliss-reactive ketones (excluding diaryl/α,β-unsaturated/α-hetero) is 1. The fourth-order valence-electron chi connectivity index (χ4n) is 2.85. The van der Waals surface area contributed by atoms with Crippen molar-refractivity contribution in [2.45, 2.75) is 13.8 Å². The van der Waals surface area contributed by atoms with Crippen molar-refractivity contribution in [3.8, 4) is 0 Å². The third-order valence-electron chi connectivity index (χ3n) is 4.12. The maximum absolute atomic E-state index is 12.8. The van der Waals surface area contributed by atoms with Gasteiger partial charge in [0.25, 0.3) is 0 Å². The standard InChI is InChI=1S/C18H15NO3/c1-10-9-13(20)16-15(17(10)21)14(11(2)19(16)3)18(22)12-7-5-4-6-8-12/h4-9H,1-3H3. The van der Waals surface area contributed by atoms with Crippen LogP contribution in [0.5, 0.6) is 0 Å². The Morgan fingerprint density at radius 2 is 1.68 bits per heavy atom. The SMILES string of the molecule is CC1=CC(=O)c2c(c(C(=O)c3ccccc3)c(C)n2C)C1=O. The lowest BCUT2D eigenvalue weighted by Gasteiger charge is -2.11. The van der Waals surface area contributed by atoms with Gasteiger partial charge in [0, 0.05) is 23.9 Å². The lowest BCUT2D eigenvalue weighted by Crippen LogP contribution is -2.19. The van der Waals surface area contributed by atoms with Crippen LogP contribution in [0, 0.1) is 6.92 Å². The van der Waals surface area contributed by atoms with E-state index in [9.17, 15) is 14.4 Å². The first kappa shape index (κ1) is 14.2. The fourth-order valence-corrected chi connectivity index (χ4v) is 2.85. The van der Waals surface area contributed by atoms with Crippen molar-refractivity contribution in [3.63, 3.8) is 0 Å². The molecule has 0 amide bonds. The van der Waals surface area contributed by atoms with Crippen LogP contribution in [-0.2, 0) is 7.05 Å². The summed E-state index contributed by atoms with van der Waals surface area (Å²) in [7, 11) is 1.70. The molecule has 1 heterocycles. The van der Waals surface area contributed by atoms with Crippen LogP contribution in [0.2, 0.25) is 0 Å². The minimum atomic E-state index is -0.252. The molecule has 1 aromatic heterocycles. The Labute approximate surface area is 128 Å². The Morgan fingerprint density at radius 3 is 2.32 bits per heavy atom. The van der Waals surface area contributed by atoms with Crippen molar-refractivity contribution < 1.29 is 14.4 Å². The molecule has 0 saturated carbocycles. The summed E-state index contributed by atoms with van der Waals surface area (Å²) in [5.74, 6) is -0.715. The van der Waals surface area contributed by atoms with Crippen molar-refractivity contribution in [1.29, 1.82) is 0 Å². The molecule has 22 heavy (non-hydrogen) atoms. The van der Waals surface area contributed by atoms with E-state index >= 15 is 0 Å². The molecule has 110 valence electrons. The van der Waals surface area contributed by atoms with E-state index in [0.717, 1.165) is 0 Å². The number of allylic oxidation sites excluding steroid dienone is 2. The second kappa shape index (κ2) is 4.91. The van der Waals surface area contributed by atoms with Crippen molar-refractivity contribution in [2.24, 2.45) is 7.05 Å². The van der Waals surface area contributed by atoms with E-state index in [1.165, 1.54) is 6.08 Å². The molecular weight excluding hydrogens is 278 g/mol. The number of nitrogens with zero attached hydrogens (tertiary/aromatic N) is 1. The third kappa shape index (κ3) is 1.88. The van der Waals surface area contributed by atoms with E-state index < -0.39 is 0 Å². The lowest BCUT2D eigenvalue weighted by atomic mass is 9.89. The van der Waals surface area contributed by atoms with Gasteiger partial charge < -0.3 is 4.57 Å². The second-order valence-corrected chi connectivity index (χ2v) is 5.46. The zero-order valence-corrected chi connectivity index (χ0v) is 12.6. The summed E-state index contributed by atoms with van der Waals surface area (Å²) in [6, 6.07) is 8.79. The first-order valence-electron chi connectivity index (χ1n) is 6.99. The van der Waals surface area contributed by atoms with Gasteiger partial charge in [-0.2, -0.15) is 0 Å². The number of rotatable bonds is 2. The van der Waals surface area contributed by atoms with Crippen LogP contribution in [0.3, 0.4) is 0 Å². The van der Waals surface area contributed by atoms with E-state index in [-0.39, 0.29) is 22.9 Å². The molecule has 0 unspecified atom stereocenters. The molecule has 4 heteroatoms. The molecule has 1 aliphatic carbocycles. The topological polar surface area (TPSA) is 56.1 Å². The molecule has 0 radical (unpaired) electrons. The highest BCUT2D eigenvalue weighted by molar-refractivity contribution is 6.29. The molecule has 0 N–H and O–H groups in total. The summed E-state index contributed by atoms with van der Waals surface area (Å²) >= 11 is 0. The summed E-state index contributed by atoms with van der Waals surface area (Å²) in [6.07, 6.45) is 1.33. The van der Waals surface area contributed by atoms with Crippen LogP contribution < -0.4 is 0 Å². The molecule has 0 bridgehead atoms. The number of carbonyl (C=O) groups is 3. The maximum Gasteiger partial charge on any atom is 0.203 e. The maximum atomic E-state index is 12.8. The first-order chi connectivity index (χ1) is 10.4. The highest BCUT2D eigenvalue weighted by atomic mass is 16.1. The van der Waals surface area contributed by atoms with Gasteiger partial charge in [-0.3, -0.25) is 14.4 Å². The summed E-state index contributed by atoms with van der Waals surface area (Å²) < 4.78 is 1.63. The van der Waals surface area contributed by atoms with Crippen molar-refractivity contribution in [1.82, 2.24) is 4.57 Å². The molecule has 1 aliphatic rings. The van der Waals surface area contributed by atoms with Gasteiger partial charge >= 0.3 is 0 Å². The minimum Gasteiger partial charge on any atom is -0.344 e. The number of hydrogen-bond donors (Lipinski definition) is 0. The smallest absolute Gasteiger partial charge is 0.203 e. The van der Waals surface area contributed by atoms with E-state index in [1.807, 2.05) is 6.07 Å². The van der Waals surface area contributed by atoms with Crippen LogP contribution in [0.15, 0.2) is 42.0 Å². The average Bonchev–Trinajstić information content (AvgIpc) is 2.78. The number of hydrogen-bond acceptors (Lipinski definition) is 3. The molecule has 0 fully saturated rings.